The lowest BCUT2D eigenvalue weighted by Crippen LogP contribution is -2.01. The zero-order valence-corrected chi connectivity index (χ0v) is 7.73. The van der Waals surface area contributed by atoms with Crippen LogP contribution in [0.25, 0.3) is 0 Å². The molecule has 0 atom stereocenters. The quantitative estimate of drug-likeness (QED) is 0.345. The van der Waals surface area contributed by atoms with E-state index in [1.54, 1.807) is 0 Å². The molecule has 0 unspecified atom stereocenters. The van der Waals surface area contributed by atoms with E-state index in [9.17, 15) is 27.7 Å². The van der Waals surface area contributed by atoms with Crippen LogP contribution in [0.5, 0.6) is 0 Å². The molecule has 0 heterocycles. The molecule has 1 aromatic carbocycles. The molecule has 0 spiro atoms. The molecule has 0 aliphatic heterocycles. The van der Waals surface area contributed by atoms with Crippen LogP contribution in [-0.4, -0.2) is 10.4 Å². The summed E-state index contributed by atoms with van der Waals surface area (Å²) >= 11 is -0.721. The molecule has 0 aliphatic carbocycles. The summed E-state index contributed by atoms with van der Waals surface area (Å²) in [7, 11) is 0. The molecule has 0 fully saturated rings. The SMILES string of the molecule is O=[N+]([O-])c1ccc(F)c(SC(F)(F)F)c1. The fourth-order valence-corrected chi connectivity index (χ4v) is 1.40. The van der Waals surface area contributed by atoms with Crippen molar-refractivity contribution >= 4 is 17.4 Å². The van der Waals surface area contributed by atoms with E-state index in [1.807, 2.05) is 0 Å². The molecule has 1 aromatic rings. The summed E-state index contributed by atoms with van der Waals surface area (Å²) < 4.78 is 48.5. The van der Waals surface area contributed by atoms with Crippen LogP contribution in [0.1, 0.15) is 0 Å². The maximum absolute atomic E-state index is 12.8. The number of hydrogen-bond donors (Lipinski definition) is 0. The molecule has 3 nitrogen and oxygen atoms in total. The van der Waals surface area contributed by atoms with Crippen molar-refractivity contribution in [3.63, 3.8) is 0 Å². The Morgan fingerprint density at radius 2 is 1.93 bits per heavy atom. The molecular formula is C7H3F4NO2S. The first-order valence-electron chi connectivity index (χ1n) is 3.49. The number of nitrogens with zero attached hydrogens (tertiary/aromatic N) is 1. The number of non-ortho nitro benzene ring substituents is 1. The summed E-state index contributed by atoms with van der Waals surface area (Å²) in [5.74, 6) is -1.14. The van der Waals surface area contributed by atoms with Gasteiger partial charge in [0.1, 0.15) is 5.82 Å². The van der Waals surface area contributed by atoms with Crippen molar-refractivity contribution in [3.8, 4) is 0 Å². The smallest absolute Gasteiger partial charge is 0.258 e. The van der Waals surface area contributed by atoms with Crippen LogP contribution in [0.15, 0.2) is 23.1 Å². The third-order valence-electron chi connectivity index (χ3n) is 1.35. The summed E-state index contributed by atoms with van der Waals surface area (Å²) in [6, 6.07) is 1.98. The minimum atomic E-state index is -4.67. The number of alkyl halides is 3. The summed E-state index contributed by atoms with van der Waals surface area (Å²) in [5, 5.41) is 10.2. The van der Waals surface area contributed by atoms with Gasteiger partial charge in [-0.05, 0) is 17.8 Å². The lowest BCUT2D eigenvalue weighted by atomic mass is 10.3. The van der Waals surface area contributed by atoms with E-state index in [1.165, 1.54) is 0 Å². The second-order valence-electron chi connectivity index (χ2n) is 2.42. The van der Waals surface area contributed by atoms with Crippen molar-refractivity contribution in [2.75, 3.05) is 0 Å². The van der Waals surface area contributed by atoms with E-state index in [4.69, 9.17) is 0 Å². The molecule has 15 heavy (non-hydrogen) atoms. The molecular weight excluding hydrogens is 238 g/mol. The molecule has 0 N–H and O–H groups in total. The van der Waals surface area contributed by atoms with Crippen molar-refractivity contribution in [1.82, 2.24) is 0 Å². The van der Waals surface area contributed by atoms with Gasteiger partial charge in [0, 0.05) is 12.1 Å². The van der Waals surface area contributed by atoms with Gasteiger partial charge in [0.15, 0.2) is 0 Å². The van der Waals surface area contributed by atoms with Crippen LogP contribution in [0.2, 0.25) is 0 Å². The Bertz CT molecular complexity index is 393. The number of thioether (sulfide) groups is 1. The molecule has 0 aromatic heterocycles. The average Bonchev–Trinajstić information content (AvgIpc) is 2.06. The first-order valence-corrected chi connectivity index (χ1v) is 4.31. The van der Waals surface area contributed by atoms with Crippen LogP contribution in [0.3, 0.4) is 0 Å². The lowest BCUT2D eigenvalue weighted by Gasteiger charge is -2.05. The third kappa shape index (κ3) is 3.39. The summed E-state index contributed by atoms with van der Waals surface area (Å²) in [5.41, 5.74) is -5.25. The molecule has 0 radical (unpaired) electrons. The maximum Gasteiger partial charge on any atom is 0.446 e. The maximum atomic E-state index is 12.8. The lowest BCUT2D eigenvalue weighted by molar-refractivity contribution is -0.385. The summed E-state index contributed by atoms with van der Waals surface area (Å²) in [6.45, 7) is 0. The number of halogens is 4. The second kappa shape index (κ2) is 4.05. The van der Waals surface area contributed by atoms with Gasteiger partial charge in [0.2, 0.25) is 0 Å². The van der Waals surface area contributed by atoms with Gasteiger partial charge in [0.25, 0.3) is 5.69 Å². The van der Waals surface area contributed by atoms with Gasteiger partial charge in [-0.3, -0.25) is 10.1 Å². The fraction of sp³-hybridized carbons (Fsp3) is 0.143. The molecule has 0 aliphatic rings. The van der Waals surface area contributed by atoms with Crippen molar-refractivity contribution in [1.29, 1.82) is 0 Å². The van der Waals surface area contributed by atoms with Crippen molar-refractivity contribution < 1.29 is 22.5 Å². The van der Waals surface area contributed by atoms with Gasteiger partial charge in [-0.15, -0.1) is 0 Å². The van der Waals surface area contributed by atoms with Gasteiger partial charge < -0.3 is 0 Å². The Morgan fingerprint density at radius 1 is 1.33 bits per heavy atom. The minimum absolute atomic E-state index is 0.549. The van der Waals surface area contributed by atoms with E-state index in [0.29, 0.717) is 12.1 Å². The zero-order valence-electron chi connectivity index (χ0n) is 6.92. The Kier molecular flexibility index (Phi) is 3.18. The fourth-order valence-electron chi connectivity index (χ4n) is 0.809. The topological polar surface area (TPSA) is 43.1 Å². The Morgan fingerprint density at radius 3 is 2.40 bits per heavy atom. The van der Waals surface area contributed by atoms with E-state index >= 15 is 0 Å². The van der Waals surface area contributed by atoms with Crippen LogP contribution >= 0.6 is 11.8 Å². The standard InChI is InChI=1S/C7H3F4NO2S/c8-5-2-1-4(12(13)14)3-6(5)15-7(9,10)11/h1-3H. The van der Waals surface area contributed by atoms with Gasteiger partial charge >= 0.3 is 5.51 Å². The van der Waals surface area contributed by atoms with Crippen molar-refractivity contribution in [2.45, 2.75) is 10.4 Å². The molecule has 0 amide bonds. The zero-order chi connectivity index (χ0) is 11.6. The highest BCUT2D eigenvalue weighted by molar-refractivity contribution is 8.00. The number of benzene rings is 1. The molecule has 1 rings (SSSR count). The number of nitro groups is 1. The highest BCUT2D eigenvalue weighted by Crippen LogP contribution is 2.39. The molecule has 0 saturated heterocycles. The van der Waals surface area contributed by atoms with E-state index in [0.717, 1.165) is 6.07 Å². The van der Waals surface area contributed by atoms with Crippen LogP contribution in [0.4, 0.5) is 23.2 Å². The Labute approximate surface area is 85.2 Å². The molecule has 0 bridgehead atoms. The highest BCUT2D eigenvalue weighted by atomic mass is 32.2. The average molecular weight is 241 g/mol. The Hall–Kier alpha value is -1.31. The van der Waals surface area contributed by atoms with Crippen molar-refractivity contribution in [3.05, 3.63) is 34.1 Å². The summed E-state index contributed by atoms with van der Waals surface area (Å²) in [6.07, 6.45) is 0. The van der Waals surface area contributed by atoms with Crippen molar-refractivity contribution in [2.24, 2.45) is 0 Å². The minimum Gasteiger partial charge on any atom is -0.258 e. The molecule has 8 heteroatoms. The first kappa shape index (κ1) is 11.8. The normalized spacial score (nSPS) is 11.5. The molecule has 82 valence electrons. The predicted octanol–water partition coefficient (Wildman–Crippen LogP) is 3.35. The third-order valence-corrected chi connectivity index (χ3v) is 2.12. The Balaban J connectivity index is 3.06. The van der Waals surface area contributed by atoms with Crippen LogP contribution in [-0.2, 0) is 0 Å². The molecule has 0 saturated carbocycles. The van der Waals surface area contributed by atoms with E-state index in [-0.39, 0.29) is 0 Å². The van der Waals surface area contributed by atoms with E-state index in [2.05, 4.69) is 0 Å². The van der Waals surface area contributed by atoms with Gasteiger partial charge in [-0.25, -0.2) is 4.39 Å². The van der Waals surface area contributed by atoms with Crippen LogP contribution in [0, 0.1) is 15.9 Å². The summed E-state index contributed by atoms with van der Waals surface area (Å²) in [4.78, 5) is 8.53. The second-order valence-corrected chi connectivity index (χ2v) is 3.53. The largest absolute Gasteiger partial charge is 0.446 e. The van der Waals surface area contributed by atoms with E-state index < -0.39 is 38.6 Å². The van der Waals surface area contributed by atoms with Crippen LogP contribution < -0.4 is 0 Å². The van der Waals surface area contributed by atoms with Gasteiger partial charge in [-0.2, -0.15) is 13.2 Å². The van der Waals surface area contributed by atoms with Gasteiger partial charge in [0.05, 0.1) is 9.82 Å². The van der Waals surface area contributed by atoms with Gasteiger partial charge in [-0.1, -0.05) is 0 Å². The monoisotopic (exact) mass is 241 g/mol. The number of rotatable bonds is 2. The number of nitro benzene ring substituents is 1. The highest BCUT2D eigenvalue weighted by Gasteiger charge is 2.31. The predicted molar refractivity (Wildman–Crippen MR) is 45.0 cm³/mol. The number of hydrogen-bond acceptors (Lipinski definition) is 3. The first-order chi connectivity index (χ1) is 6.79.